The molecule has 0 unspecified atom stereocenters. The van der Waals surface area contributed by atoms with Crippen LogP contribution >= 0.6 is 0 Å². The molecular weight excluding hydrogens is 296 g/mol. The molecule has 0 radical (unpaired) electrons. The van der Waals surface area contributed by atoms with Crippen molar-refractivity contribution < 1.29 is 14.3 Å². The lowest BCUT2D eigenvalue weighted by atomic mass is 9.92. The van der Waals surface area contributed by atoms with E-state index in [2.05, 4.69) is 10.3 Å². The van der Waals surface area contributed by atoms with Crippen LogP contribution in [-0.4, -0.2) is 38.7 Å². The second-order valence-electron chi connectivity index (χ2n) is 5.93. The predicted molar refractivity (Wildman–Crippen MR) is 83.4 cm³/mol. The second kappa shape index (κ2) is 6.87. The summed E-state index contributed by atoms with van der Waals surface area (Å²) in [5.41, 5.74) is 0. The van der Waals surface area contributed by atoms with E-state index in [1.165, 1.54) is 0 Å². The number of amides is 2. The molecule has 23 heavy (non-hydrogen) atoms. The molecule has 1 saturated heterocycles. The maximum absolute atomic E-state index is 12.3. The van der Waals surface area contributed by atoms with Gasteiger partial charge in [0.2, 0.25) is 0 Å². The normalized spacial score (nSPS) is 19.6. The molecule has 7 heteroatoms. The summed E-state index contributed by atoms with van der Waals surface area (Å²) < 4.78 is 7.03. The minimum absolute atomic E-state index is 0.000729. The van der Waals surface area contributed by atoms with Gasteiger partial charge in [-0.05, 0) is 25.0 Å². The smallest absolute Gasteiger partial charge is 0.317 e. The summed E-state index contributed by atoms with van der Waals surface area (Å²) >= 11 is 0. The van der Waals surface area contributed by atoms with Crippen molar-refractivity contribution in [1.82, 2.24) is 19.8 Å². The van der Waals surface area contributed by atoms with E-state index in [9.17, 15) is 9.90 Å². The molecule has 0 saturated carbocycles. The van der Waals surface area contributed by atoms with Crippen LogP contribution in [0.25, 0.3) is 0 Å². The monoisotopic (exact) mass is 318 g/mol. The number of carbonyl (C=O) groups is 1. The van der Waals surface area contributed by atoms with Crippen molar-refractivity contribution in [2.24, 2.45) is 13.0 Å². The summed E-state index contributed by atoms with van der Waals surface area (Å²) in [4.78, 5) is 18.3. The van der Waals surface area contributed by atoms with Gasteiger partial charge in [-0.25, -0.2) is 9.78 Å². The van der Waals surface area contributed by atoms with Crippen LogP contribution in [0.1, 0.15) is 30.5 Å². The molecule has 2 aromatic rings. The van der Waals surface area contributed by atoms with Crippen molar-refractivity contribution in [3.63, 3.8) is 0 Å². The van der Waals surface area contributed by atoms with E-state index in [-0.39, 0.29) is 11.9 Å². The quantitative estimate of drug-likeness (QED) is 0.898. The van der Waals surface area contributed by atoms with Crippen molar-refractivity contribution in [2.75, 3.05) is 13.1 Å². The summed E-state index contributed by atoms with van der Waals surface area (Å²) in [7, 11) is 1.86. The number of rotatable bonds is 4. The Hall–Kier alpha value is -2.28. The minimum Gasteiger partial charge on any atom is -0.467 e. The van der Waals surface area contributed by atoms with Crippen molar-refractivity contribution in [2.45, 2.75) is 25.5 Å². The van der Waals surface area contributed by atoms with Crippen LogP contribution in [0.5, 0.6) is 0 Å². The van der Waals surface area contributed by atoms with Gasteiger partial charge in [0.05, 0.1) is 12.8 Å². The number of likely N-dealkylation sites (tertiary alicyclic amines) is 1. The third-order valence-electron chi connectivity index (χ3n) is 4.31. The number of imidazole rings is 1. The number of furan rings is 1. The Morgan fingerprint density at radius 2 is 2.48 bits per heavy atom. The molecule has 2 N–H and O–H groups in total. The first-order chi connectivity index (χ1) is 11.1. The average Bonchev–Trinajstić information content (AvgIpc) is 3.23. The Balaban J connectivity index is 1.57. The van der Waals surface area contributed by atoms with Crippen LogP contribution in [0.3, 0.4) is 0 Å². The summed E-state index contributed by atoms with van der Waals surface area (Å²) in [6, 6.07) is 3.49. The van der Waals surface area contributed by atoms with Crippen LogP contribution < -0.4 is 5.32 Å². The van der Waals surface area contributed by atoms with E-state index in [1.54, 1.807) is 23.4 Å². The molecule has 3 rings (SSSR count). The molecule has 7 nitrogen and oxygen atoms in total. The van der Waals surface area contributed by atoms with E-state index in [0.29, 0.717) is 25.5 Å². The van der Waals surface area contributed by atoms with Gasteiger partial charge < -0.3 is 24.3 Å². The zero-order valence-electron chi connectivity index (χ0n) is 13.2. The van der Waals surface area contributed by atoms with Crippen LogP contribution in [0, 0.1) is 5.92 Å². The first-order valence-corrected chi connectivity index (χ1v) is 7.85. The third-order valence-corrected chi connectivity index (χ3v) is 4.31. The topological polar surface area (TPSA) is 83.5 Å². The fourth-order valence-corrected chi connectivity index (χ4v) is 3.01. The van der Waals surface area contributed by atoms with Gasteiger partial charge in [0.1, 0.15) is 17.7 Å². The summed E-state index contributed by atoms with van der Waals surface area (Å²) in [5, 5.41) is 13.4. The van der Waals surface area contributed by atoms with Gasteiger partial charge in [0, 0.05) is 38.4 Å². The maximum atomic E-state index is 12.3. The number of aryl methyl sites for hydroxylation is 1. The molecule has 3 heterocycles. The van der Waals surface area contributed by atoms with Gasteiger partial charge in [-0.3, -0.25) is 0 Å². The number of piperidine rings is 1. The Bertz CT molecular complexity index is 638. The lowest BCUT2D eigenvalue weighted by Crippen LogP contribution is -2.46. The average molecular weight is 318 g/mol. The van der Waals surface area contributed by atoms with Crippen molar-refractivity contribution in [1.29, 1.82) is 0 Å². The first kappa shape index (κ1) is 15.6. The molecule has 0 spiro atoms. The highest BCUT2D eigenvalue weighted by atomic mass is 16.3. The van der Waals surface area contributed by atoms with E-state index in [1.807, 2.05) is 23.9 Å². The van der Waals surface area contributed by atoms with Gasteiger partial charge >= 0.3 is 6.03 Å². The zero-order chi connectivity index (χ0) is 16.2. The molecule has 1 aliphatic heterocycles. The SMILES string of the molecule is Cn1ccnc1[C@H](O)[C@@H]1CCCN(C(=O)NCc2ccco2)C1. The van der Waals surface area contributed by atoms with E-state index < -0.39 is 6.10 Å². The van der Waals surface area contributed by atoms with Gasteiger partial charge in [-0.15, -0.1) is 0 Å². The third kappa shape index (κ3) is 3.56. The highest BCUT2D eigenvalue weighted by molar-refractivity contribution is 5.74. The number of urea groups is 1. The molecule has 0 aliphatic carbocycles. The summed E-state index contributed by atoms with van der Waals surface area (Å²) in [6.07, 6.45) is 6.18. The van der Waals surface area contributed by atoms with Crippen LogP contribution in [0.4, 0.5) is 4.79 Å². The molecule has 1 aliphatic rings. The lowest BCUT2D eigenvalue weighted by Gasteiger charge is -2.34. The number of carbonyl (C=O) groups excluding carboxylic acids is 1. The fraction of sp³-hybridized carbons (Fsp3) is 0.500. The first-order valence-electron chi connectivity index (χ1n) is 7.85. The van der Waals surface area contributed by atoms with Crippen molar-refractivity contribution >= 4 is 6.03 Å². The van der Waals surface area contributed by atoms with Gasteiger partial charge in [-0.2, -0.15) is 0 Å². The summed E-state index contributed by atoms with van der Waals surface area (Å²) in [6.45, 7) is 1.60. The fourth-order valence-electron chi connectivity index (χ4n) is 3.01. The maximum Gasteiger partial charge on any atom is 0.317 e. The van der Waals surface area contributed by atoms with Crippen LogP contribution in [0.2, 0.25) is 0 Å². The van der Waals surface area contributed by atoms with Crippen LogP contribution in [0.15, 0.2) is 35.2 Å². The van der Waals surface area contributed by atoms with E-state index in [0.717, 1.165) is 18.6 Å². The minimum atomic E-state index is -0.657. The molecule has 2 atom stereocenters. The molecule has 0 bridgehead atoms. The van der Waals surface area contributed by atoms with Gasteiger partial charge in [0.15, 0.2) is 0 Å². The Morgan fingerprint density at radius 1 is 1.61 bits per heavy atom. The molecule has 0 aromatic carbocycles. The van der Waals surface area contributed by atoms with Crippen LogP contribution in [-0.2, 0) is 13.6 Å². The second-order valence-corrected chi connectivity index (χ2v) is 5.93. The van der Waals surface area contributed by atoms with E-state index in [4.69, 9.17) is 4.42 Å². The number of nitrogens with zero attached hydrogens (tertiary/aromatic N) is 3. The Kier molecular flexibility index (Phi) is 4.66. The summed E-state index contributed by atoms with van der Waals surface area (Å²) in [5.74, 6) is 1.37. The highest BCUT2D eigenvalue weighted by Crippen LogP contribution is 2.28. The van der Waals surface area contributed by atoms with Gasteiger partial charge in [0.25, 0.3) is 0 Å². The molecular formula is C16H22N4O3. The number of aliphatic hydroxyl groups is 1. The van der Waals surface area contributed by atoms with Gasteiger partial charge in [-0.1, -0.05) is 0 Å². The number of hydrogen-bond donors (Lipinski definition) is 2. The largest absolute Gasteiger partial charge is 0.467 e. The van der Waals surface area contributed by atoms with Crippen molar-refractivity contribution in [3.05, 3.63) is 42.4 Å². The zero-order valence-corrected chi connectivity index (χ0v) is 13.2. The number of aliphatic hydroxyl groups excluding tert-OH is 1. The Labute approximate surface area is 134 Å². The molecule has 2 aromatic heterocycles. The molecule has 2 amide bonds. The van der Waals surface area contributed by atoms with E-state index >= 15 is 0 Å². The highest BCUT2D eigenvalue weighted by Gasteiger charge is 2.31. The molecule has 1 fully saturated rings. The number of nitrogens with one attached hydrogen (secondary N) is 1. The lowest BCUT2D eigenvalue weighted by molar-refractivity contribution is 0.0531. The number of hydrogen-bond acceptors (Lipinski definition) is 4. The standard InChI is InChI=1S/C16H22N4O3/c1-19-8-6-17-15(19)14(21)12-4-2-7-20(11-12)16(22)18-10-13-5-3-9-23-13/h3,5-6,8-9,12,14,21H,2,4,7,10-11H2,1H3,(H,18,22)/t12-,14-/m1/s1. The molecule has 124 valence electrons. The predicted octanol–water partition coefficient (Wildman–Crippen LogP) is 1.67. The van der Waals surface area contributed by atoms with Crippen molar-refractivity contribution in [3.8, 4) is 0 Å². The number of aromatic nitrogens is 2. The Morgan fingerprint density at radius 3 is 3.17 bits per heavy atom.